The zero-order valence-corrected chi connectivity index (χ0v) is 24.4. The minimum absolute atomic E-state index is 0.0134. The summed E-state index contributed by atoms with van der Waals surface area (Å²) < 4.78 is 2.39. The van der Waals surface area contributed by atoms with E-state index in [0.29, 0.717) is 0 Å². The Morgan fingerprint density at radius 3 is 1.89 bits per heavy atom. The smallest absolute Gasteiger partial charge is 0.159 e. The van der Waals surface area contributed by atoms with Crippen LogP contribution in [-0.4, -0.2) is 28.2 Å². The molecular formula is C42H27N3. The van der Waals surface area contributed by atoms with Crippen molar-refractivity contribution in [3.05, 3.63) is 157 Å². The first-order valence-electron chi connectivity index (χ1n) is 15.6. The van der Waals surface area contributed by atoms with Crippen molar-refractivity contribution < 1.29 is 0 Å². The van der Waals surface area contributed by atoms with Crippen molar-refractivity contribution in [3.8, 4) is 33.4 Å². The zero-order valence-electron chi connectivity index (χ0n) is 24.4. The fourth-order valence-electron chi connectivity index (χ4n) is 7.69. The first-order valence-corrected chi connectivity index (χ1v) is 15.6. The van der Waals surface area contributed by atoms with E-state index in [9.17, 15) is 0 Å². The van der Waals surface area contributed by atoms with Gasteiger partial charge in [0.05, 0.1) is 23.1 Å². The highest BCUT2D eigenvalue weighted by molar-refractivity contribution is 6.51. The van der Waals surface area contributed by atoms with E-state index >= 15 is 0 Å². The van der Waals surface area contributed by atoms with Crippen LogP contribution in [0.5, 0.6) is 0 Å². The molecule has 0 N–H and O–H groups in total. The molecule has 0 amide bonds. The second-order valence-electron chi connectivity index (χ2n) is 12.0. The number of hydrogen-bond acceptors (Lipinski definition) is 2. The summed E-state index contributed by atoms with van der Waals surface area (Å²) in [5.74, 6) is 0.895. The molecule has 0 saturated heterocycles. The van der Waals surface area contributed by atoms with Crippen molar-refractivity contribution in [1.82, 2.24) is 4.57 Å². The molecule has 0 radical (unpaired) electrons. The SMILES string of the molecule is C1=CC2N=C(c3ccccc3)C(n3c4ccc(-c5ccccc5)c5c4c4c6c(cccc6ccc43)-c3ccccc3-5)=NC2C=C1. The number of fused-ring (bicyclic) bond motifs is 4. The van der Waals surface area contributed by atoms with Gasteiger partial charge < -0.3 is 0 Å². The summed E-state index contributed by atoms with van der Waals surface area (Å²) in [4.78, 5) is 10.9. The van der Waals surface area contributed by atoms with Gasteiger partial charge in [0, 0.05) is 21.9 Å². The molecule has 2 aliphatic carbocycles. The van der Waals surface area contributed by atoms with Gasteiger partial charge in [0.25, 0.3) is 0 Å². The summed E-state index contributed by atoms with van der Waals surface area (Å²) in [5, 5.41) is 5.09. The Balaban J connectivity index is 1.40. The van der Waals surface area contributed by atoms with Crippen LogP contribution in [0, 0.1) is 0 Å². The number of aromatic nitrogens is 1. The number of nitrogens with zero attached hydrogens (tertiary/aromatic N) is 3. The third-order valence-electron chi connectivity index (χ3n) is 9.61. The quantitative estimate of drug-likeness (QED) is 0.197. The van der Waals surface area contributed by atoms with Crippen LogP contribution in [0.4, 0.5) is 0 Å². The Hall–Kier alpha value is -5.80. The Kier molecular flexibility index (Phi) is 5.11. The number of aliphatic imine (C=N–C) groups is 2. The van der Waals surface area contributed by atoms with Crippen LogP contribution in [0.1, 0.15) is 5.56 Å². The molecule has 0 spiro atoms. The van der Waals surface area contributed by atoms with Crippen LogP contribution in [0.15, 0.2) is 162 Å². The number of hydrogen-bond donors (Lipinski definition) is 0. The summed E-state index contributed by atoms with van der Waals surface area (Å²) in [6, 6.07) is 46.1. The highest BCUT2D eigenvalue weighted by atomic mass is 15.1. The molecule has 45 heavy (non-hydrogen) atoms. The molecule has 10 rings (SSSR count). The molecule has 2 unspecified atom stereocenters. The van der Waals surface area contributed by atoms with Crippen molar-refractivity contribution >= 4 is 44.1 Å². The lowest BCUT2D eigenvalue weighted by Gasteiger charge is -2.27. The van der Waals surface area contributed by atoms with Gasteiger partial charge in [-0.2, -0.15) is 0 Å². The first kappa shape index (κ1) is 24.6. The summed E-state index contributed by atoms with van der Waals surface area (Å²) in [5.41, 5.74) is 11.8. The summed E-state index contributed by atoms with van der Waals surface area (Å²) >= 11 is 0. The number of rotatable bonds is 2. The Labute approximate surface area is 260 Å². The summed E-state index contributed by atoms with van der Waals surface area (Å²) in [6.45, 7) is 0. The minimum Gasteiger partial charge on any atom is -0.292 e. The fraction of sp³-hybridized carbons (Fsp3) is 0.0476. The lowest BCUT2D eigenvalue weighted by Crippen LogP contribution is -2.36. The molecule has 1 aliphatic heterocycles. The summed E-state index contributed by atoms with van der Waals surface area (Å²) in [6.07, 6.45) is 8.52. The number of benzene rings is 6. The molecule has 3 aliphatic rings. The molecular weight excluding hydrogens is 546 g/mol. The predicted octanol–water partition coefficient (Wildman–Crippen LogP) is 9.87. The van der Waals surface area contributed by atoms with Gasteiger partial charge in [-0.3, -0.25) is 14.6 Å². The van der Waals surface area contributed by atoms with Crippen molar-refractivity contribution in [3.63, 3.8) is 0 Å². The minimum atomic E-state index is -0.0438. The third-order valence-corrected chi connectivity index (χ3v) is 9.61. The maximum Gasteiger partial charge on any atom is 0.159 e. The summed E-state index contributed by atoms with van der Waals surface area (Å²) in [7, 11) is 0. The van der Waals surface area contributed by atoms with E-state index in [1.807, 2.05) is 0 Å². The van der Waals surface area contributed by atoms with E-state index in [2.05, 4.69) is 156 Å². The molecule has 2 atom stereocenters. The molecule has 7 aromatic rings. The zero-order chi connectivity index (χ0) is 29.5. The average Bonchev–Trinajstić information content (AvgIpc) is 3.39. The van der Waals surface area contributed by atoms with Crippen molar-refractivity contribution in [2.45, 2.75) is 12.1 Å². The van der Waals surface area contributed by atoms with Gasteiger partial charge in [-0.15, -0.1) is 0 Å². The second-order valence-corrected chi connectivity index (χ2v) is 12.0. The maximum atomic E-state index is 5.49. The maximum absolute atomic E-state index is 5.49. The van der Waals surface area contributed by atoms with Gasteiger partial charge in [0.1, 0.15) is 5.71 Å². The monoisotopic (exact) mass is 573 g/mol. The van der Waals surface area contributed by atoms with Crippen molar-refractivity contribution in [2.75, 3.05) is 0 Å². The highest BCUT2D eigenvalue weighted by Crippen LogP contribution is 2.52. The van der Waals surface area contributed by atoms with E-state index in [4.69, 9.17) is 9.98 Å². The van der Waals surface area contributed by atoms with Crippen molar-refractivity contribution in [1.29, 1.82) is 0 Å². The van der Waals surface area contributed by atoms with Crippen LogP contribution < -0.4 is 0 Å². The lowest BCUT2D eigenvalue weighted by molar-refractivity contribution is 0.693. The molecule has 1 aromatic heterocycles. The van der Waals surface area contributed by atoms with E-state index in [1.165, 1.54) is 54.9 Å². The van der Waals surface area contributed by atoms with Crippen molar-refractivity contribution in [2.24, 2.45) is 9.98 Å². The largest absolute Gasteiger partial charge is 0.292 e. The van der Waals surface area contributed by atoms with Gasteiger partial charge in [0.2, 0.25) is 0 Å². The van der Waals surface area contributed by atoms with E-state index < -0.39 is 0 Å². The van der Waals surface area contributed by atoms with E-state index in [1.54, 1.807) is 0 Å². The fourth-order valence-corrected chi connectivity index (χ4v) is 7.69. The van der Waals surface area contributed by atoms with Crippen LogP contribution in [0.25, 0.3) is 66.0 Å². The first-order chi connectivity index (χ1) is 22.3. The molecule has 3 nitrogen and oxygen atoms in total. The van der Waals surface area contributed by atoms with E-state index in [0.717, 1.165) is 28.1 Å². The van der Waals surface area contributed by atoms with Crippen LogP contribution in [0.2, 0.25) is 0 Å². The third kappa shape index (κ3) is 3.46. The standard InChI is InChI=1S/C42H27N3/c1-3-12-26(13-4-1)29-23-25-36-40-38(29)32-18-8-7-17-30(32)31-19-11-16-27-22-24-35(39(40)37(27)31)45(36)42-41(28-14-5-2-6-15-28)43-33-20-9-10-21-34(33)44-42/h1-25,33-34H. The van der Waals surface area contributed by atoms with Crippen LogP contribution >= 0.6 is 0 Å². The Morgan fingerprint density at radius 2 is 1.09 bits per heavy atom. The van der Waals surface area contributed by atoms with Gasteiger partial charge >= 0.3 is 0 Å². The van der Waals surface area contributed by atoms with E-state index in [-0.39, 0.29) is 12.1 Å². The average molecular weight is 574 g/mol. The van der Waals surface area contributed by atoms with Gasteiger partial charge in [-0.25, -0.2) is 0 Å². The van der Waals surface area contributed by atoms with Gasteiger partial charge in [0.15, 0.2) is 5.84 Å². The molecule has 0 saturated carbocycles. The normalized spacial score (nSPS) is 17.9. The molecule has 3 heteroatoms. The Bertz CT molecular complexity index is 2480. The molecule has 0 bridgehead atoms. The molecule has 2 heterocycles. The topological polar surface area (TPSA) is 29.6 Å². The Morgan fingerprint density at radius 1 is 0.444 bits per heavy atom. The molecule has 0 fully saturated rings. The number of allylic oxidation sites excluding steroid dienone is 2. The van der Waals surface area contributed by atoms with Gasteiger partial charge in [-0.05, 0) is 50.7 Å². The van der Waals surface area contributed by atoms with Crippen LogP contribution in [-0.2, 0) is 0 Å². The highest BCUT2D eigenvalue weighted by Gasteiger charge is 2.32. The second kappa shape index (κ2) is 9.35. The lowest BCUT2D eigenvalue weighted by atomic mass is 9.88. The molecule has 6 aromatic carbocycles. The molecule has 210 valence electrons. The van der Waals surface area contributed by atoms with Crippen LogP contribution in [0.3, 0.4) is 0 Å². The van der Waals surface area contributed by atoms with Gasteiger partial charge in [-0.1, -0.05) is 140 Å². The predicted molar refractivity (Wildman–Crippen MR) is 188 cm³/mol.